The van der Waals surface area contributed by atoms with Gasteiger partial charge < -0.3 is 10.6 Å². The van der Waals surface area contributed by atoms with Crippen molar-refractivity contribution in [2.75, 3.05) is 11.9 Å². The van der Waals surface area contributed by atoms with Crippen LogP contribution >= 0.6 is 0 Å². The Labute approximate surface area is 145 Å². The molecule has 0 atom stereocenters. The Morgan fingerprint density at radius 1 is 1.32 bits per heavy atom. The maximum Gasteiger partial charge on any atom is 0.277 e. The van der Waals surface area contributed by atoms with E-state index in [2.05, 4.69) is 25.9 Å². The Morgan fingerprint density at radius 2 is 2.16 bits per heavy atom. The zero-order valence-corrected chi connectivity index (χ0v) is 14.3. The lowest BCUT2D eigenvalue weighted by atomic mass is 10.1. The first-order chi connectivity index (χ1) is 12.1. The molecule has 0 saturated heterocycles. The fourth-order valence-electron chi connectivity index (χ4n) is 3.16. The van der Waals surface area contributed by atoms with Crippen LogP contribution in [0.15, 0.2) is 30.3 Å². The van der Waals surface area contributed by atoms with Gasteiger partial charge in [-0.3, -0.25) is 14.6 Å². The lowest BCUT2D eigenvalue weighted by Crippen LogP contribution is -2.25. The molecular formula is C18H20N6O. The van der Waals surface area contributed by atoms with Crippen LogP contribution in [0.25, 0.3) is 11.3 Å². The standard InChI is InChI=1S/C18H20N6O/c1-11-5-3-4-6-12(11)15-9-16(24(2)23-15)20-18(25)17-13-10-19-8-7-14(13)21-22-17/h3-6,9,19H,7-8,10H2,1-2H3,(H,20,25)(H,21,22). The summed E-state index contributed by atoms with van der Waals surface area (Å²) in [5.74, 6) is 0.421. The van der Waals surface area contributed by atoms with E-state index in [-0.39, 0.29) is 5.91 Å². The summed E-state index contributed by atoms with van der Waals surface area (Å²) in [6.07, 6.45) is 0.860. The predicted molar refractivity (Wildman–Crippen MR) is 95.3 cm³/mol. The minimum atomic E-state index is -0.222. The van der Waals surface area contributed by atoms with Gasteiger partial charge in [-0.1, -0.05) is 24.3 Å². The van der Waals surface area contributed by atoms with Crippen molar-refractivity contribution in [2.24, 2.45) is 7.05 Å². The molecule has 7 heteroatoms. The summed E-state index contributed by atoms with van der Waals surface area (Å²) < 4.78 is 1.68. The largest absolute Gasteiger partial charge is 0.312 e. The number of fused-ring (bicyclic) bond motifs is 1. The molecule has 1 aromatic carbocycles. The summed E-state index contributed by atoms with van der Waals surface area (Å²) in [5, 5.41) is 17.9. The summed E-state index contributed by atoms with van der Waals surface area (Å²) in [6.45, 7) is 3.61. The Kier molecular flexibility index (Phi) is 3.85. The van der Waals surface area contributed by atoms with E-state index in [1.54, 1.807) is 4.68 Å². The summed E-state index contributed by atoms with van der Waals surface area (Å²) in [5.41, 5.74) is 5.47. The number of H-pyrrole nitrogens is 1. The number of nitrogens with zero attached hydrogens (tertiary/aromatic N) is 3. The number of benzene rings is 1. The Balaban J connectivity index is 1.60. The van der Waals surface area contributed by atoms with E-state index in [0.717, 1.165) is 41.0 Å². The quantitative estimate of drug-likeness (QED) is 0.683. The fourth-order valence-corrected chi connectivity index (χ4v) is 3.16. The number of aryl methyl sites for hydroxylation is 2. The highest BCUT2D eigenvalue weighted by atomic mass is 16.2. The van der Waals surface area contributed by atoms with Crippen molar-refractivity contribution >= 4 is 11.7 Å². The van der Waals surface area contributed by atoms with Crippen molar-refractivity contribution < 1.29 is 4.79 Å². The number of anilines is 1. The van der Waals surface area contributed by atoms with Gasteiger partial charge in [0.25, 0.3) is 5.91 Å². The molecule has 0 fully saturated rings. The molecule has 0 spiro atoms. The van der Waals surface area contributed by atoms with Gasteiger partial charge in [-0.2, -0.15) is 10.2 Å². The first kappa shape index (κ1) is 15.6. The van der Waals surface area contributed by atoms with Crippen molar-refractivity contribution in [3.63, 3.8) is 0 Å². The molecule has 1 amide bonds. The van der Waals surface area contributed by atoms with E-state index in [0.29, 0.717) is 18.1 Å². The summed E-state index contributed by atoms with van der Waals surface area (Å²) in [4.78, 5) is 12.6. The minimum Gasteiger partial charge on any atom is -0.312 e. The van der Waals surface area contributed by atoms with Crippen molar-refractivity contribution in [3.05, 3.63) is 52.8 Å². The first-order valence-corrected chi connectivity index (χ1v) is 8.31. The van der Waals surface area contributed by atoms with Crippen LogP contribution in [0.2, 0.25) is 0 Å². The molecule has 4 rings (SSSR count). The predicted octanol–water partition coefficient (Wildman–Crippen LogP) is 2.02. The second kappa shape index (κ2) is 6.18. The van der Waals surface area contributed by atoms with E-state index in [9.17, 15) is 4.79 Å². The topological polar surface area (TPSA) is 87.6 Å². The molecule has 0 bridgehead atoms. The molecule has 1 aliphatic heterocycles. The lowest BCUT2D eigenvalue weighted by molar-refractivity contribution is 0.102. The van der Waals surface area contributed by atoms with Gasteiger partial charge in [0.05, 0.1) is 5.69 Å². The van der Waals surface area contributed by atoms with Gasteiger partial charge in [0.15, 0.2) is 5.69 Å². The molecule has 3 aromatic rings. The number of hydrogen-bond donors (Lipinski definition) is 3. The van der Waals surface area contributed by atoms with E-state index in [1.165, 1.54) is 0 Å². The monoisotopic (exact) mass is 336 g/mol. The third-order valence-corrected chi connectivity index (χ3v) is 4.56. The second-order valence-electron chi connectivity index (χ2n) is 6.26. The maximum absolute atomic E-state index is 12.6. The zero-order chi connectivity index (χ0) is 17.4. The van der Waals surface area contributed by atoms with Gasteiger partial charge in [0.1, 0.15) is 5.82 Å². The van der Waals surface area contributed by atoms with Gasteiger partial charge in [-0.05, 0) is 12.5 Å². The number of carbonyl (C=O) groups excluding carboxylic acids is 1. The van der Waals surface area contributed by atoms with Gasteiger partial charge in [0, 0.05) is 49.4 Å². The number of aromatic nitrogens is 4. The molecule has 2 aromatic heterocycles. The van der Waals surface area contributed by atoms with Crippen molar-refractivity contribution in [1.82, 2.24) is 25.3 Å². The molecular weight excluding hydrogens is 316 g/mol. The normalized spacial score (nSPS) is 13.5. The van der Waals surface area contributed by atoms with Gasteiger partial charge in [-0.25, -0.2) is 0 Å². The van der Waals surface area contributed by atoms with Gasteiger partial charge >= 0.3 is 0 Å². The SMILES string of the molecule is Cc1ccccc1-c1cc(NC(=O)c2n[nH]c3c2CNCC3)n(C)n1. The Bertz CT molecular complexity index is 939. The highest BCUT2D eigenvalue weighted by Crippen LogP contribution is 2.25. The highest BCUT2D eigenvalue weighted by Gasteiger charge is 2.22. The van der Waals surface area contributed by atoms with Crippen LogP contribution in [0.3, 0.4) is 0 Å². The summed E-state index contributed by atoms with van der Waals surface area (Å²) >= 11 is 0. The summed E-state index contributed by atoms with van der Waals surface area (Å²) in [7, 11) is 1.82. The van der Waals surface area contributed by atoms with Crippen molar-refractivity contribution in [1.29, 1.82) is 0 Å². The third kappa shape index (κ3) is 2.83. The molecule has 7 nitrogen and oxygen atoms in total. The maximum atomic E-state index is 12.6. The number of aromatic amines is 1. The fraction of sp³-hybridized carbons (Fsp3) is 0.278. The molecule has 3 N–H and O–H groups in total. The number of carbonyl (C=O) groups is 1. The van der Waals surface area contributed by atoms with Crippen LogP contribution in [0.4, 0.5) is 5.82 Å². The average molecular weight is 336 g/mol. The van der Waals surface area contributed by atoms with E-state index < -0.39 is 0 Å². The molecule has 1 aliphatic rings. The van der Waals surface area contributed by atoms with Crippen LogP contribution < -0.4 is 10.6 Å². The Hall–Kier alpha value is -2.93. The average Bonchev–Trinajstić information content (AvgIpc) is 3.19. The van der Waals surface area contributed by atoms with Crippen LogP contribution in [0.5, 0.6) is 0 Å². The molecule has 0 radical (unpaired) electrons. The van der Waals surface area contributed by atoms with Crippen LogP contribution in [0, 0.1) is 6.92 Å². The Morgan fingerprint density at radius 3 is 3.00 bits per heavy atom. The summed E-state index contributed by atoms with van der Waals surface area (Å²) in [6, 6.07) is 9.94. The van der Waals surface area contributed by atoms with Crippen molar-refractivity contribution in [3.8, 4) is 11.3 Å². The van der Waals surface area contributed by atoms with E-state index in [1.807, 2.05) is 44.3 Å². The zero-order valence-electron chi connectivity index (χ0n) is 14.3. The smallest absolute Gasteiger partial charge is 0.277 e. The number of rotatable bonds is 3. The van der Waals surface area contributed by atoms with E-state index in [4.69, 9.17) is 0 Å². The van der Waals surface area contributed by atoms with Crippen LogP contribution in [-0.4, -0.2) is 32.4 Å². The third-order valence-electron chi connectivity index (χ3n) is 4.56. The van der Waals surface area contributed by atoms with Gasteiger partial charge in [-0.15, -0.1) is 0 Å². The van der Waals surface area contributed by atoms with E-state index >= 15 is 0 Å². The minimum absolute atomic E-state index is 0.222. The molecule has 0 unspecified atom stereocenters. The van der Waals surface area contributed by atoms with Gasteiger partial charge in [0.2, 0.25) is 0 Å². The number of amides is 1. The molecule has 3 heterocycles. The number of hydrogen-bond acceptors (Lipinski definition) is 4. The lowest BCUT2D eigenvalue weighted by Gasteiger charge is -2.12. The molecule has 0 aliphatic carbocycles. The molecule has 25 heavy (non-hydrogen) atoms. The van der Waals surface area contributed by atoms with Crippen LogP contribution in [-0.2, 0) is 20.0 Å². The highest BCUT2D eigenvalue weighted by molar-refractivity contribution is 6.03. The van der Waals surface area contributed by atoms with Crippen LogP contribution in [0.1, 0.15) is 27.3 Å². The second-order valence-corrected chi connectivity index (χ2v) is 6.26. The van der Waals surface area contributed by atoms with Crippen molar-refractivity contribution in [2.45, 2.75) is 19.9 Å². The number of nitrogens with one attached hydrogen (secondary N) is 3. The molecule has 128 valence electrons. The first-order valence-electron chi connectivity index (χ1n) is 8.31. The molecule has 0 saturated carbocycles.